The topological polar surface area (TPSA) is 59.8 Å². The van der Waals surface area contributed by atoms with Crippen molar-refractivity contribution < 1.29 is 4.79 Å². The predicted molar refractivity (Wildman–Crippen MR) is 99.3 cm³/mol. The van der Waals surface area contributed by atoms with Crippen molar-refractivity contribution in [1.29, 1.82) is 0 Å². The normalized spacial score (nSPS) is 12.4. The van der Waals surface area contributed by atoms with Gasteiger partial charge in [-0.3, -0.25) is 4.79 Å². The van der Waals surface area contributed by atoms with Crippen LogP contribution in [0.3, 0.4) is 0 Å². The predicted octanol–water partition coefficient (Wildman–Crippen LogP) is 3.87. The van der Waals surface area contributed by atoms with E-state index >= 15 is 0 Å². The molecule has 24 heavy (non-hydrogen) atoms. The second-order valence-electron chi connectivity index (χ2n) is 5.96. The average Bonchev–Trinajstić information content (AvgIpc) is 2.95. The summed E-state index contributed by atoms with van der Waals surface area (Å²) in [6.45, 7) is 9.46. The van der Waals surface area contributed by atoms with Crippen molar-refractivity contribution in [2.24, 2.45) is 5.92 Å². The highest BCUT2D eigenvalue weighted by atomic mass is 35.5. The maximum atomic E-state index is 12.2. The van der Waals surface area contributed by atoms with E-state index in [1.807, 2.05) is 42.7 Å². The van der Waals surface area contributed by atoms with E-state index < -0.39 is 0 Å². The zero-order chi connectivity index (χ0) is 17.7. The molecule has 0 saturated heterocycles. The molecule has 0 aliphatic rings. The number of rotatable bonds is 7. The summed E-state index contributed by atoms with van der Waals surface area (Å²) in [4.78, 5) is 12.2. The molecule has 2 rings (SSSR count). The monoisotopic (exact) mass is 366 g/mol. The van der Waals surface area contributed by atoms with Gasteiger partial charge >= 0.3 is 0 Å². The fraction of sp³-hybridized carbons (Fsp3) is 0.471. The third kappa shape index (κ3) is 4.74. The SMILES string of the molecule is CCn1c(SC(C)C(=O)NCC(C)C)nnc1-c1cccc(Cl)c1. The zero-order valence-electron chi connectivity index (χ0n) is 14.4. The fourth-order valence-corrected chi connectivity index (χ4v) is 3.29. The smallest absolute Gasteiger partial charge is 0.233 e. The van der Waals surface area contributed by atoms with Gasteiger partial charge in [0.05, 0.1) is 5.25 Å². The summed E-state index contributed by atoms with van der Waals surface area (Å²) in [7, 11) is 0. The van der Waals surface area contributed by atoms with Gasteiger partial charge in [0.2, 0.25) is 5.91 Å². The minimum absolute atomic E-state index is 0.0173. The van der Waals surface area contributed by atoms with Crippen LogP contribution in [0.15, 0.2) is 29.4 Å². The van der Waals surface area contributed by atoms with Crippen LogP contribution in [-0.2, 0) is 11.3 Å². The number of hydrogen-bond acceptors (Lipinski definition) is 4. The molecule has 0 spiro atoms. The Bertz CT molecular complexity index is 702. The maximum Gasteiger partial charge on any atom is 0.233 e. The van der Waals surface area contributed by atoms with Gasteiger partial charge in [0.15, 0.2) is 11.0 Å². The van der Waals surface area contributed by atoms with Gasteiger partial charge in [-0.2, -0.15) is 0 Å². The number of carbonyl (C=O) groups excluding carboxylic acids is 1. The van der Waals surface area contributed by atoms with Gasteiger partial charge in [-0.15, -0.1) is 10.2 Å². The molecule has 1 N–H and O–H groups in total. The Kier molecular flexibility index (Phi) is 6.69. The van der Waals surface area contributed by atoms with E-state index in [-0.39, 0.29) is 11.2 Å². The summed E-state index contributed by atoms with van der Waals surface area (Å²) in [6.07, 6.45) is 0. The van der Waals surface area contributed by atoms with Crippen LogP contribution in [0.5, 0.6) is 0 Å². The molecule has 1 amide bonds. The van der Waals surface area contributed by atoms with Gasteiger partial charge in [-0.25, -0.2) is 0 Å². The lowest BCUT2D eigenvalue weighted by atomic mass is 10.2. The number of nitrogens with one attached hydrogen (secondary N) is 1. The van der Waals surface area contributed by atoms with Gasteiger partial charge in [0.25, 0.3) is 0 Å². The Balaban J connectivity index is 2.16. The standard InChI is InChI=1S/C17H23ClN4OS/c1-5-22-15(13-7-6-8-14(18)9-13)20-21-17(22)24-12(4)16(23)19-10-11(2)3/h6-9,11-12H,5,10H2,1-4H3,(H,19,23). The van der Waals surface area contributed by atoms with Gasteiger partial charge < -0.3 is 9.88 Å². The molecule has 0 fully saturated rings. The number of thioether (sulfide) groups is 1. The zero-order valence-corrected chi connectivity index (χ0v) is 16.0. The Morgan fingerprint density at radius 3 is 2.71 bits per heavy atom. The minimum atomic E-state index is -0.231. The molecule has 1 unspecified atom stereocenters. The summed E-state index contributed by atoms with van der Waals surface area (Å²) < 4.78 is 2.00. The van der Waals surface area contributed by atoms with E-state index in [4.69, 9.17) is 11.6 Å². The Morgan fingerprint density at radius 2 is 2.08 bits per heavy atom. The molecule has 5 nitrogen and oxygen atoms in total. The third-order valence-corrected chi connectivity index (χ3v) is 4.77. The van der Waals surface area contributed by atoms with Crippen LogP contribution >= 0.6 is 23.4 Å². The lowest BCUT2D eigenvalue weighted by Crippen LogP contribution is -2.33. The van der Waals surface area contributed by atoms with E-state index in [1.165, 1.54) is 11.8 Å². The number of amides is 1. The van der Waals surface area contributed by atoms with Gasteiger partial charge in [-0.1, -0.05) is 49.3 Å². The van der Waals surface area contributed by atoms with E-state index in [9.17, 15) is 4.79 Å². The highest BCUT2D eigenvalue weighted by molar-refractivity contribution is 8.00. The number of halogens is 1. The first-order valence-electron chi connectivity index (χ1n) is 8.05. The Hall–Kier alpha value is -1.53. The van der Waals surface area contributed by atoms with Crippen molar-refractivity contribution in [3.63, 3.8) is 0 Å². The summed E-state index contributed by atoms with van der Waals surface area (Å²) in [5, 5.41) is 12.7. The van der Waals surface area contributed by atoms with Gasteiger partial charge in [0.1, 0.15) is 0 Å². The molecule has 1 aromatic carbocycles. The van der Waals surface area contributed by atoms with Crippen molar-refractivity contribution in [1.82, 2.24) is 20.1 Å². The molecule has 0 saturated carbocycles. The maximum absolute atomic E-state index is 12.2. The first-order chi connectivity index (χ1) is 11.4. The number of hydrogen-bond donors (Lipinski definition) is 1. The van der Waals surface area contributed by atoms with Crippen molar-refractivity contribution >= 4 is 29.3 Å². The Labute approximate surface area is 152 Å². The van der Waals surface area contributed by atoms with Crippen molar-refractivity contribution in [2.75, 3.05) is 6.54 Å². The van der Waals surface area contributed by atoms with E-state index in [0.29, 0.717) is 17.5 Å². The third-order valence-electron chi connectivity index (χ3n) is 3.45. The van der Waals surface area contributed by atoms with Crippen molar-refractivity contribution in [2.45, 2.75) is 44.6 Å². The van der Waals surface area contributed by atoms with E-state index in [0.717, 1.165) is 23.1 Å². The second kappa shape index (κ2) is 8.53. The average molecular weight is 367 g/mol. The molecule has 0 bridgehead atoms. The first-order valence-corrected chi connectivity index (χ1v) is 9.31. The van der Waals surface area contributed by atoms with Crippen molar-refractivity contribution in [3.05, 3.63) is 29.3 Å². The van der Waals surface area contributed by atoms with Crippen LogP contribution in [0.1, 0.15) is 27.7 Å². The van der Waals surface area contributed by atoms with Gasteiger partial charge in [0, 0.05) is 23.7 Å². The Morgan fingerprint density at radius 1 is 1.33 bits per heavy atom. The molecule has 1 atom stereocenters. The summed E-state index contributed by atoms with van der Waals surface area (Å²) >= 11 is 7.49. The molecule has 1 heterocycles. The number of nitrogens with zero attached hydrogens (tertiary/aromatic N) is 3. The summed E-state index contributed by atoms with van der Waals surface area (Å²) in [6, 6.07) is 7.54. The van der Waals surface area contributed by atoms with Crippen LogP contribution in [-0.4, -0.2) is 32.5 Å². The summed E-state index contributed by atoms with van der Waals surface area (Å²) in [5.41, 5.74) is 0.917. The molecular weight excluding hydrogens is 344 g/mol. The number of carbonyl (C=O) groups is 1. The second-order valence-corrected chi connectivity index (χ2v) is 7.70. The molecular formula is C17H23ClN4OS. The minimum Gasteiger partial charge on any atom is -0.355 e. The van der Waals surface area contributed by atoms with E-state index in [1.54, 1.807) is 0 Å². The molecule has 130 valence electrons. The molecule has 2 aromatic rings. The van der Waals surface area contributed by atoms with Crippen molar-refractivity contribution in [3.8, 4) is 11.4 Å². The largest absolute Gasteiger partial charge is 0.355 e. The van der Waals surface area contributed by atoms with E-state index in [2.05, 4.69) is 29.4 Å². The number of benzene rings is 1. The molecule has 1 aromatic heterocycles. The number of aromatic nitrogens is 3. The first kappa shape index (κ1) is 18.8. The molecule has 0 aliphatic carbocycles. The summed E-state index contributed by atoms with van der Waals surface area (Å²) in [5.74, 6) is 1.21. The molecule has 0 radical (unpaired) electrons. The quantitative estimate of drug-likeness (QED) is 0.755. The fourth-order valence-electron chi connectivity index (χ4n) is 2.16. The van der Waals surface area contributed by atoms with Gasteiger partial charge in [-0.05, 0) is 31.9 Å². The highest BCUT2D eigenvalue weighted by Crippen LogP contribution is 2.28. The van der Waals surface area contributed by atoms with Crippen LogP contribution in [0, 0.1) is 5.92 Å². The highest BCUT2D eigenvalue weighted by Gasteiger charge is 2.20. The van der Waals surface area contributed by atoms with Crippen LogP contribution < -0.4 is 5.32 Å². The molecule has 0 aliphatic heterocycles. The lowest BCUT2D eigenvalue weighted by Gasteiger charge is -2.13. The van der Waals surface area contributed by atoms with Crippen LogP contribution in [0.2, 0.25) is 5.02 Å². The van der Waals surface area contributed by atoms with Crippen LogP contribution in [0.25, 0.3) is 11.4 Å². The lowest BCUT2D eigenvalue weighted by molar-refractivity contribution is -0.120. The van der Waals surface area contributed by atoms with Crippen LogP contribution in [0.4, 0.5) is 0 Å². The molecule has 7 heteroatoms.